The van der Waals surface area contributed by atoms with E-state index in [2.05, 4.69) is 41.3 Å². The van der Waals surface area contributed by atoms with Crippen molar-refractivity contribution >= 4 is 0 Å². The molecule has 2 aliphatic heterocycles. The molecule has 0 aromatic heterocycles. The molecule has 3 heteroatoms. The summed E-state index contributed by atoms with van der Waals surface area (Å²) < 4.78 is 12.0. The van der Waals surface area contributed by atoms with Crippen molar-refractivity contribution in [2.75, 3.05) is 20.2 Å². The molecule has 2 aromatic rings. The minimum absolute atomic E-state index is 0.0204. The molecule has 0 aliphatic carbocycles. The summed E-state index contributed by atoms with van der Waals surface area (Å²) in [6.45, 7) is 3.25. The van der Waals surface area contributed by atoms with Crippen LogP contribution in [0.1, 0.15) is 30.4 Å². The van der Waals surface area contributed by atoms with Crippen molar-refractivity contribution in [3.63, 3.8) is 0 Å². The van der Waals surface area contributed by atoms with Gasteiger partial charge in [0.2, 0.25) is 0 Å². The van der Waals surface area contributed by atoms with Gasteiger partial charge in [-0.2, -0.15) is 0 Å². The number of nitrogens with zero attached hydrogens (tertiary/aromatic N) is 1. The molecule has 0 radical (unpaired) electrons. The normalized spacial score (nSPS) is 19.5. The van der Waals surface area contributed by atoms with Crippen molar-refractivity contribution in [1.82, 2.24) is 4.90 Å². The van der Waals surface area contributed by atoms with Gasteiger partial charge in [0, 0.05) is 25.2 Å². The number of rotatable bonds is 3. The largest absolute Gasteiger partial charge is 0.496 e. The number of piperidine rings is 1. The maximum atomic E-state index is 6.49. The Labute approximate surface area is 144 Å². The van der Waals surface area contributed by atoms with E-state index in [0.717, 1.165) is 56.8 Å². The average molecular weight is 323 g/mol. The zero-order chi connectivity index (χ0) is 16.4. The van der Waals surface area contributed by atoms with Gasteiger partial charge in [0.1, 0.15) is 17.1 Å². The van der Waals surface area contributed by atoms with E-state index in [0.29, 0.717) is 0 Å². The van der Waals surface area contributed by atoms with Crippen molar-refractivity contribution in [3.05, 3.63) is 59.7 Å². The summed E-state index contributed by atoms with van der Waals surface area (Å²) in [6.07, 6.45) is 4.37. The van der Waals surface area contributed by atoms with E-state index in [4.69, 9.17) is 9.47 Å². The molecule has 3 nitrogen and oxygen atoms in total. The van der Waals surface area contributed by atoms with Crippen molar-refractivity contribution in [2.24, 2.45) is 0 Å². The van der Waals surface area contributed by atoms with E-state index in [-0.39, 0.29) is 5.60 Å². The molecule has 24 heavy (non-hydrogen) atoms. The Morgan fingerprint density at radius 2 is 1.79 bits per heavy atom. The highest BCUT2D eigenvalue weighted by molar-refractivity contribution is 5.46. The SMILES string of the molecule is COc1cccc2c1CCC1(CCN(Cc3ccccc3)CC1)O2. The van der Waals surface area contributed by atoms with E-state index < -0.39 is 0 Å². The summed E-state index contributed by atoms with van der Waals surface area (Å²) in [5.41, 5.74) is 2.65. The van der Waals surface area contributed by atoms with Crippen LogP contribution in [0.4, 0.5) is 0 Å². The first-order chi connectivity index (χ1) is 11.8. The lowest BCUT2D eigenvalue weighted by molar-refractivity contribution is -0.0167. The van der Waals surface area contributed by atoms with Crippen LogP contribution in [0.15, 0.2) is 48.5 Å². The van der Waals surface area contributed by atoms with Gasteiger partial charge in [0.15, 0.2) is 0 Å². The van der Waals surface area contributed by atoms with Crippen LogP contribution in [0.3, 0.4) is 0 Å². The molecule has 2 aliphatic rings. The monoisotopic (exact) mass is 323 g/mol. The van der Waals surface area contributed by atoms with Crippen LogP contribution in [0, 0.1) is 0 Å². The van der Waals surface area contributed by atoms with Gasteiger partial charge >= 0.3 is 0 Å². The molecule has 126 valence electrons. The van der Waals surface area contributed by atoms with Gasteiger partial charge in [-0.1, -0.05) is 36.4 Å². The van der Waals surface area contributed by atoms with Crippen LogP contribution in [-0.4, -0.2) is 30.7 Å². The molecular weight excluding hydrogens is 298 g/mol. The predicted octanol–water partition coefficient (Wildman–Crippen LogP) is 4.06. The van der Waals surface area contributed by atoms with Crippen LogP contribution < -0.4 is 9.47 Å². The van der Waals surface area contributed by atoms with Gasteiger partial charge in [-0.25, -0.2) is 0 Å². The van der Waals surface area contributed by atoms with Crippen LogP contribution in [-0.2, 0) is 13.0 Å². The molecule has 2 heterocycles. The highest BCUT2D eigenvalue weighted by Crippen LogP contribution is 2.42. The molecule has 1 spiro atoms. The summed E-state index contributed by atoms with van der Waals surface area (Å²) in [4.78, 5) is 2.55. The average Bonchev–Trinajstić information content (AvgIpc) is 2.64. The number of hydrogen-bond acceptors (Lipinski definition) is 3. The number of hydrogen-bond donors (Lipinski definition) is 0. The van der Waals surface area contributed by atoms with Crippen LogP contribution in [0.25, 0.3) is 0 Å². The van der Waals surface area contributed by atoms with Crippen molar-refractivity contribution < 1.29 is 9.47 Å². The fraction of sp³-hybridized carbons (Fsp3) is 0.429. The van der Waals surface area contributed by atoms with E-state index in [9.17, 15) is 0 Å². The first kappa shape index (κ1) is 15.5. The minimum atomic E-state index is 0.0204. The second-order valence-electron chi connectivity index (χ2n) is 6.98. The Morgan fingerprint density at radius 1 is 1.00 bits per heavy atom. The highest BCUT2D eigenvalue weighted by Gasteiger charge is 2.40. The van der Waals surface area contributed by atoms with Gasteiger partial charge in [-0.15, -0.1) is 0 Å². The summed E-state index contributed by atoms with van der Waals surface area (Å²) in [6, 6.07) is 16.9. The third-order valence-electron chi connectivity index (χ3n) is 5.48. The summed E-state index contributed by atoms with van der Waals surface area (Å²) in [7, 11) is 1.74. The molecule has 4 rings (SSSR count). The lowest BCUT2D eigenvalue weighted by Gasteiger charge is -2.44. The van der Waals surface area contributed by atoms with Crippen molar-refractivity contribution in [2.45, 2.75) is 37.8 Å². The van der Waals surface area contributed by atoms with Crippen molar-refractivity contribution in [3.8, 4) is 11.5 Å². The molecule has 0 atom stereocenters. The lowest BCUT2D eigenvalue weighted by Crippen LogP contribution is -2.49. The van der Waals surface area contributed by atoms with Gasteiger partial charge in [-0.3, -0.25) is 4.90 Å². The molecule has 0 saturated carbocycles. The van der Waals surface area contributed by atoms with E-state index in [1.165, 1.54) is 11.1 Å². The van der Waals surface area contributed by atoms with Crippen LogP contribution in [0.5, 0.6) is 11.5 Å². The second kappa shape index (κ2) is 6.48. The number of methoxy groups -OCH3 is 1. The maximum Gasteiger partial charge on any atom is 0.127 e. The quantitative estimate of drug-likeness (QED) is 0.850. The Kier molecular flexibility index (Phi) is 4.19. The Bertz CT molecular complexity index is 690. The molecule has 0 amide bonds. The number of fused-ring (bicyclic) bond motifs is 1. The second-order valence-corrected chi connectivity index (χ2v) is 6.98. The molecule has 1 saturated heterocycles. The van der Waals surface area contributed by atoms with E-state index >= 15 is 0 Å². The predicted molar refractivity (Wildman–Crippen MR) is 95.6 cm³/mol. The molecule has 0 N–H and O–H groups in total. The van der Waals surface area contributed by atoms with Crippen molar-refractivity contribution in [1.29, 1.82) is 0 Å². The van der Waals surface area contributed by atoms with Gasteiger partial charge in [-0.05, 0) is 43.4 Å². The Hall–Kier alpha value is -2.00. The molecule has 2 aromatic carbocycles. The number of benzene rings is 2. The van der Waals surface area contributed by atoms with Gasteiger partial charge < -0.3 is 9.47 Å². The topological polar surface area (TPSA) is 21.7 Å². The zero-order valence-electron chi connectivity index (χ0n) is 14.3. The first-order valence-electron chi connectivity index (χ1n) is 8.89. The molecule has 0 unspecified atom stereocenters. The fourth-order valence-electron chi connectivity index (χ4n) is 4.03. The summed E-state index contributed by atoms with van der Waals surface area (Å²) in [5, 5.41) is 0. The maximum absolute atomic E-state index is 6.49. The van der Waals surface area contributed by atoms with Gasteiger partial charge in [0.05, 0.1) is 7.11 Å². The fourth-order valence-corrected chi connectivity index (χ4v) is 4.03. The summed E-state index contributed by atoms with van der Waals surface area (Å²) in [5.74, 6) is 1.99. The number of ether oxygens (including phenoxy) is 2. The first-order valence-corrected chi connectivity index (χ1v) is 8.89. The lowest BCUT2D eigenvalue weighted by atomic mass is 9.83. The third-order valence-corrected chi connectivity index (χ3v) is 5.48. The van der Waals surface area contributed by atoms with E-state index in [1.807, 2.05) is 12.1 Å². The summed E-state index contributed by atoms with van der Waals surface area (Å²) >= 11 is 0. The minimum Gasteiger partial charge on any atom is -0.496 e. The molecule has 0 bridgehead atoms. The molecular formula is C21H25NO2. The zero-order valence-corrected chi connectivity index (χ0v) is 14.3. The highest BCUT2D eigenvalue weighted by atomic mass is 16.5. The molecule has 1 fully saturated rings. The standard InChI is InChI=1S/C21H25NO2/c1-23-19-8-5-9-20-18(19)10-11-21(24-20)12-14-22(15-13-21)16-17-6-3-2-4-7-17/h2-9H,10-16H2,1H3. The smallest absolute Gasteiger partial charge is 0.127 e. The number of likely N-dealkylation sites (tertiary alicyclic amines) is 1. The Balaban J connectivity index is 1.42. The van der Waals surface area contributed by atoms with E-state index in [1.54, 1.807) is 7.11 Å². The Morgan fingerprint density at radius 3 is 2.54 bits per heavy atom. The van der Waals surface area contributed by atoms with Gasteiger partial charge in [0.25, 0.3) is 0 Å². The van der Waals surface area contributed by atoms with Crippen LogP contribution in [0.2, 0.25) is 0 Å². The van der Waals surface area contributed by atoms with Crippen LogP contribution >= 0.6 is 0 Å². The third kappa shape index (κ3) is 3.01.